The van der Waals surface area contributed by atoms with E-state index in [9.17, 15) is 9.59 Å². The summed E-state index contributed by atoms with van der Waals surface area (Å²) in [7, 11) is 0. The predicted octanol–water partition coefficient (Wildman–Crippen LogP) is 1.25. The molecule has 2 atom stereocenters. The summed E-state index contributed by atoms with van der Waals surface area (Å²) in [4.78, 5) is 27.6. The Kier molecular flexibility index (Phi) is 4.66. The van der Waals surface area contributed by atoms with Gasteiger partial charge < -0.3 is 16.0 Å². The number of primary amides is 1. The van der Waals surface area contributed by atoms with Crippen LogP contribution in [0, 0.1) is 5.41 Å². The van der Waals surface area contributed by atoms with Gasteiger partial charge in [-0.1, -0.05) is 43.2 Å². The maximum atomic E-state index is 13.3. The molecule has 1 aliphatic heterocycles. The number of nitrogens with one attached hydrogen (secondary N) is 1. The molecule has 2 unspecified atom stereocenters. The molecule has 1 saturated heterocycles. The highest BCUT2D eigenvalue weighted by Crippen LogP contribution is 2.48. The fraction of sp³-hybridized carbons (Fsp3) is 0.556. The van der Waals surface area contributed by atoms with E-state index in [0.29, 0.717) is 19.5 Å². The average molecular weight is 315 g/mol. The van der Waals surface area contributed by atoms with Crippen LogP contribution in [0.2, 0.25) is 0 Å². The minimum Gasteiger partial charge on any atom is -0.369 e. The topological polar surface area (TPSA) is 75.4 Å². The van der Waals surface area contributed by atoms with Crippen LogP contribution in [-0.4, -0.2) is 42.9 Å². The SMILES string of the molecule is NC(=O)C1(C(=O)N2CCNCC2)CCCCC1c1ccccc1. The number of nitrogens with zero attached hydrogens (tertiary/aromatic N) is 1. The van der Waals surface area contributed by atoms with E-state index in [1.54, 1.807) is 0 Å². The Morgan fingerprint density at radius 3 is 2.48 bits per heavy atom. The fourth-order valence-corrected chi connectivity index (χ4v) is 4.12. The summed E-state index contributed by atoms with van der Waals surface area (Å²) in [5.74, 6) is -0.646. The number of carbonyl (C=O) groups is 2. The molecule has 3 rings (SSSR count). The van der Waals surface area contributed by atoms with Crippen molar-refractivity contribution >= 4 is 11.8 Å². The van der Waals surface area contributed by atoms with Crippen LogP contribution < -0.4 is 11.1 Å². The van der Waals surface area contributed by atoms with Crippen LogP contribution in [0.5, 0.6) is 0 Å². The Labute approximate surface area is 137 Å². The minimum atomic E-state index is -1.09. The lowest BCUT2D eigenvalue weighted by Gasteiger charge is -2.44. The van der Waals surface area contributed by atoms with Crippen molar-refractivity contribution in [2.75, 3.05) is 26.2 Å². The zero-order valence-electron chi connectivity index (χ0n) is 13.5. The summed E-state index contributed by atoms with van der Waals surface area (Å²) < 4.78 is 0. The Morgan fingerprint density at radius 2 is 1.83 bits per heavy atom. The van der Waals surface area contributed by atoms with E-state index >= 15 is 0 Å². The summed E-state index contributed by atoms with van der Waals surface area (Å²) in [6, 6.07) is 9.91. The molecule has 2 amide bonds. The van der Waals surface area contributed by atoms with Gasteiger partial charge in [0.1, 0.15) is 5.41 Å². The van der Waals surface area contributed by atoms with Crippen LogP contribution in [0.25, 0.3) is 0 Å². The molecular weight excluding hydrogens is 290 g/mol. The lowest BCUT2D eigenvalue weighted by Crippen LogP contribution is -2.58. The van der Waals surface area contributed by atoms with Crippen molar-refractivity contribution in [1.29, 1.82) is 0 Å². The first-order valence-electron chi connectivity index (χ1n) is 8.51. The Balaban J connectivity index is 1.99. The van der Waals surface area contributed by atoms with Gasteiger partial charge in [0, 0.05) is 32.1 Å². The van der Waals surface area contributed by atoms with Crippen LogP contribution in [-0.2, 0) is 9.59 Å². The van der Waals surface area contributed by atoms with Crippen molar-refractivity contribution in [3.05, 3.63) is 35.9 Å². The number of hydrogen-bond donors (Lipinski definition) is 2. The Hall–Kier alpha value is -1.88. The number of benzene rings is 1. The molecular formula is C18H25N3O2. The number of nitrogens with two attached hydrogens (primary N) is 1. The molecule has 0 bridgehead atoms. The number of amides is 2. The van der Waals surface area contributed by atoms with Crippen LogP contribution in [0.15, 0.2) is 30.3 Å². The molecule has 1 aliphatic carbocycles. The van der Waals surface area contributed by atoms with Gasteiger partial charge in [-0.15, -0.1) is 0 Å². The van der Waals surface area contributed by atoms with Gasteiger partial charge >= 0.3 is 0 Å². The normalized spacial score (nSPS) is 28.3. The van der Waals surface area contributed by atoms with Gasteiger partial charge in [0.2, 0.25) is 11.8 Å². The van der Waals surface area contributed by atoms with Crippen LogP contribution in [0.4, 0.5) is 0 Å². The van der Waals surface area contributed by atoms with E-state index in [-0.39, 0.29) is 11.8 Å². The lowest BCUT2D eigenvalue weighted by atomic mass is 9.62. The predicted molar refractivity (Wildman–Crippen MR) is 88.7 cm³/mol. The molecule has 2 aliphatic rings. The van der Waals surface area contributed by atoms with E-state index in [2.05, 4.69) is 5.32 Å². The number of carbonyl (C=O) groups excluding carboxylic acids is 2. The molecule has 1 heterocycles. The summed E-state index contributed by atoms with van der Waals surface area (Å²) in [5, 5.41) is 3.25. The second-order valence-electron chi connectivity index (χ2n) is 6.59. The quantitative estimate of drug-likeness (QED) is 0.824. The molecule has 5 nitrogen and oxygen atoms in total. The zero-order chi connectivity index (χ0) is 16.3. The maximum Gasteiger partial charge on any atom is 0.238 e. The smallest absolute Gasteiger partial charge is 0.238 e. The third kappa shape index (κ3) is 2.85. The molecule has 23 heavy (non-hydrogen) atoms. The van der Waals surface area contributed by atoms with Crippen LogP contribution >= 0.6 is 0 Å². The second kappa shape index (κ2) is 6.71. The Morgan fingerprint density at radius 1 is 1.13 bits per heavy atom. The highest BCUT2D eigenvalue weighted by molar-refractivity contribution is 6.05. The van der Waals surface area contributed by atoms with Gasteiger partial charge in [0.25, 0.3) is 0 Å². The number of hydrogen-bond acceptors (Lipinski definition) is 3. The standard InChI is InChI=1S/C18H25N3O2/c19-16(22)18(17(23)21-12-10-20-11-13-21)9-5-4-8-15(18)14-6-2-1-3-7-14/h1-3,6-7,15,20H,4-5,8-13H2,(H2,19,22). The molecule has 1 aromatic carbocycles. The summed E-state index contributed by atoms with van der Waals surface area (Å²) in [6.45, 7) is 2.85. The van der Waals surface area contributed by atoms with Crippen molar-refractivity contribution < 1.29 is 9.59 Å². The fourth-order valence-electron chi connectivity index (χ4n) is 4.12. The van der Waals surface area contributed by atoms with Gasteiger partial charge in [0.05, 0.1) is 0 Å². The van der Waals surface area contributed by atoms with Crippen molar-refractivity contribution in [1.82, 2.24) is 10.2 Å². The average Bonchev–Trinajstić information content (AvgIpc) is 2.62. The molecule has 3 N–H and O–H groups in total. The molecule has 124 valence electrons. The molecule has 0 radical (unpaired) electrons. The van der Waals surface area contributed by atoms with E-state index in [1.165, 1.54) is 0 Å². The molecule has 0 spiro atoms. The number of piperazine rings is 1. The summed E-state index contributed by atoms with van der Waals surface area (Å²) in [5.41, 5.74) is 5.80. The van der Waals surface area contributed by atoms with Crippen molar-refractivity contribution in [2.45, 2.75) is 31.6 Å². The van der Waals surface area contributed by atoms with Crippen molar-refractivity contribution in [3.8, 4) is 0 Å². The molecule has 0 aromatic heterocycles. The molecule has 2 fully saturated rings. The lowest BCUT2D eigenvalue weighted by molar-refractivity contribution is -0.154. The third-order valence-electron chi connectivity index (χ3n) is 5.34. The van der Waals surface area contributed by atoms with Gasteiger partial charge in [-0.3, -0.25) is 9.59 Å². The molecule has 1 aromatic rings. The van der Waals surface area contributed by atoms with Gasteiger partial charge in [-0.05, 0) is 18.4 Å². The highest BCUT2D eigenvalue weighted by Gasteiger charge is 2.53. The van der Waals surface area contributed by atoms with Crippen molar-refractivity contribution in [2.24, 2.45) is 11.1 Å². The van der Waals surface area contributed by atoms with Gasteiger partial charge in [-0.25, -0.2) is 0 Å². The summed E-state index contributed by atoms with van der Waals surface area (Å²) >= 11 is 0. The zero-order valence-corrected chi connectivity index (χ0v) is 13.5. The minimum absolute atomic E-state index is 0.0694. The molecule has 5 heteroatoms. The van der Waals surface area contributed by atoms with Crippen LogP contribution in [0.1, 0.15) is 37.2 Å². The largest absolute Gasteiger partial charge is 0.369 e. The Bertz CT molecular complexity index is 569. The first kappa shape index (κ1) is 16.0. The van der Waals surface area contributed by atoms with Gasteiger partial charge in [0.15, 0.2) is 0 Å². The first-order valence-corrected chi connectivity index (χ1v) is 8.51. The van der Waals surface area contributed by atoms with E-state index < -0.39 is 11.3 Å². The first-order chi connectivity index (χ1) is 11.2. The third-order valence-corrected chi connectivity index (χ3v) is 5.34. The van der Waals surface area contributed by atoms with Gasteiger partial charge in [-0.2, -0.15) is 0 Å². The van der Waals surface area contributed by atoms with E-state index in [0.717, 1.165) is 37.9 Å². The van der Waals surface area contributed by atoms with Crippen LogP contribution in [0.3, 0.4) is 0 Å². The van der Waals surface area contributed by atoms with E-state index in [4.69, 9.17) is 5.73 Å². The maximum absolute atomic E-state index is 13.3. The number of rotatable bonds is 3. The van der Waals surface area contributed by atoms with E-state index in [1.807, 2.05) is 35.2 Å². The second-order valence-corrected chi connectivity index (χ2v) is 6.59. The van der Waals surface area contributed by atoms with Crippen molar-refractivity contribution in [3.63, 3.8) is 0 Å². The highest BCUT2D eigenvalue weighted by atomic mass is 16.2. The summed E-state index contributed by atoms with van der Waals surface area (Å²) in [6.07, 6.45) is 3.31. The molecule has 1 saturated carbocycles. The monoisotopic (exact) mass is 315 g/mol.